The van der Waals surface area contributed by atoms with Crippen LogP contribution in [0.1, 0.15) is 30.9 Å². The zero-order valence-electron chi connectivity index (χ0n) is 9.15. The lowest BCUT2D eigenvalue weighted by atomic mass is 9.98. The van der Waals surface area contributed by atoms with Crippen molar-refractivity contribution in [3.8, 4) is 5.75 Å². The van der Waals surface area contributed by atoms with E-state index >= 15 is 0 Å². The van der Waals surface area contributed by atoms with Crippen LogP contribution in [0.25, 0.3) is 0 Å². The first kappa shape index (κ1) is 13.2. The van der Waals surface area contributed by atoms with Gasteiger partial charge >= 0.3 is 6.36 Å². The van der Waals surface area contributed by atoms with Gasteiger partial charge in [0, 0.05) is 5.02 Å². The van der Waals surface area contributed by atoms with E-state index in [0.29, 0.717) is 10.6 Å². The zero-order valence-corrected chi connectivity index (χ0v) is 9.91. The number of hydrogen-bond donors (Lipinski definition) is 0. The van der Waals surface area contributed by atoms with E-state index in [4.69, 9.17) is 11.6 Å². The third-order valence-corrected chi connectivity index (χ3v) is 2.43. The number of ether oxygens (including phenoxy) is 1. The molecule has 0 saturated heterocycles. The number of benzene rings is 1. The molecule has 0 spiro atoms. The maximum Gasteiger partial charge on any atom is 0.573 e. The number of hydrogen-bond acceptors (Lipinski definition) is 1. The van der Waals surface area contributed by atoms with E-state index in [-0.39, 0.29) is 11.7 Å². The Kier molecular flexibility index (Phi) is 3.73. The van der Waals surface area contributed by atoms with Crippen LogP contribution in [-0.4, -0.2) is 6.36 Å². The molecule has 0 atom stereocenters. The summed E-state index contributed by atoms with van der Waals surface area (Å²) in [5, 5.41) is 0.300. The molecular formula is C11H12ClF3O. The van der Waals surface area contributed by atoms with Gasteiger partial charge < -0.3 is 4.74 Å². The average Bonchev–Trinajstić information content (AvgIpc) is 1.96. The van der Waals surface area contributed by atoms with Crippen molar-refractivity contribution < 1.29 is 17.9 Å². The predicted octanol–water partition coefficient (Wildman–Crippen LogP) is 4.67. The summed E-state index contributed by atoms with van der Waals surface area (Å²) in [7, 11) is 0. The second kappa shape index (κ2) is 4.53. The Morgan fingerprint density at radius 3 is 2.19 bits per heavy atom. The summed E-state index contributed by atoms with van der Waals surface area (Å²) in [4.78, 5) is 0. The fourth-order valence-corrected chi connectivity index (χ4v) is 2.12. The van der Waals surface area contributed by atoms with Crippen LogP contribution in [0, 0.1) is 6.92 Å². The van der Waals surface area contributed by atoms with Gasteiger partial charge in [0.25, 0.3) is 0 Å². The SMILES string of the molecule is Cc1cc(OC(F)(F)F)cc(Cl)c1C(C)C. The van der Waals surface area contributed by atoms with Crippen molar-refractivity contribution in [2.75, 3.05) is 0 Å². The lowest BCUT2D eigenvalue weighted by Crippen LogP contribution is -2.17. The molecule has 0 radical (unpaired) electrons. The van der Waals surface area contributed by atoms with Crippen LogP contribution in [0.3, 0.4) is 0 Å². The molecule has 0 aliphatic carbocycles. The van der Waals surface area contributed by atoms with Gasteiger partial charge in [-0.1, -0.05) is 25.4 Å². The molecule has 0 saturated carbocycles. The number of alkyl halides is 3. The summed E-state index contributed by atoms with van der Waals surface area (Å²) in [6.45, 7) is 5.57. The lowest BCUT2D eigenvalue weighted by molar-refractivity contribution is -0.274. The minimum absolute atomic E-state index is 0.160. The molecular weight excluding hydrogens is 241 g/mol. The molecule has 90 valence electrons. The highest BCUT2D eigenvalue weighted by Crippen LogP contribution is 2.33. The Bertz CT molecular complexity index is 362. The summed E-state index contributed by atoms with van der Waals surface area (Å²) in [5.41, 5.74) is 1.54. The van der Waals surface area contributed by atoms with Crippen molar-refractivity contribution in [1.82, 2.24) is 0 Å². The molecule has 0 N–H and O–H groups in total. The second-order valence-corrected chi connectivity index (χ2v) is 4.25. The fourth-order valence-electron chi connectivity index (χ4n) is 1.65. The molecule has 1 nitrogen and oxygen atoms in total. The van der Waals surface area contributed by atoms with Crippen molar-refractivity contribution >= 4 is 11.6 Å². The van der Waals surface area contributed by atoms with Crippen LogP contribution >= 0.6 is 11.6 Å². The number of halogens is 4. The van der Waals surface area contributed by atoms with E-state index in [1.54, 1.807) is 6.92 Å². The van der Waals surface area contributed by atoms with Gasteiger partial charge in [-0.05, 0) is 36.1 Å². The van der Waals surface area contributed by atoms with Crippen LogP contribution in [-0.2, 0) is 0 Å². The molecule has 0 unspecified atom stereocenters. The molecule has 16 heavy (non-hydrogen) atoms. The maximum atomic E-state index is 12.0. The molecule has 0 bridgehead atoms. The molecule has 0 amide bonds. The van der Waals surface area contributed by atoms with E-state index in [2.05, 4.69) is 4.74 Å². The quantitative estimate of drug-likeness (QED) is 0.743. The van der Waals surface area contributed by atoms with Gasteiger partial charge in [-0.2, -0.15) is 0 Å². The Morgan fingerprint density at radius 1 is 1.25 bits per heavy atom. The van der Waals surface area contributed by atoms with Crippen molar-refractivity contribution in [1.29, 1.82) is 0 Å². The Labute approximate surface area is 97.2 Å². The van der Waals surface area contributed by atoms with E-state index in [1.807, 2.05) is 13.8 Å². The molecule has 0 aliphatic heterocycles. The minimum Gasteiger partial charge on any atom is -0.406 e. The van der Waals surface area contributed by atoms with Gasteiger partial charge in [-0.3, -0.25) is 0 Å². The van der Waals surface area contributed by atoms with Crippen LogP contribution < -0.4 is 4.74 Å². The van der Waals surface area contributed by atoms with Gasteiger partial charge in [0.05, 0.1) is 0 Å². The van der Waals surface area contributed by atoms with Crippen LogP contribution in [0.5, 0.6) is 5.75 Å². The molecule has 0 aliphatic rings. The molecule has 1 aromatic carbocycles. The van der Waals surface area contributed by atoms with Crippen molar-refractivity contribution in [2.45, 2.75) is 33.1 Å². The topological polar surface area (TPSA) is 9.23 Å². The molecule has 0 fully saturated rings. The third kappa shape index (κ3) is 3.30. The fraction of sp³-hybridized carbons (Fsp3) is 0.455. The summed E-state index contributed by atoms with van der Waals surface area (Å²) in [5.74, 6) is -0.119. The average molecular weight is 253 g/mol. The van der Waals surface area contributed by atoms with E-state index in [9.17, 15) is 13.2 Å². The largest absolute Gasteiger partial charge is 0.573 e. The number of rotatable bonds is 2. The smallest absolute Gasteiger partial charge is 0.406 e. The van der Waals surface area contributed by atoms with Crippen LogP contribution in [0.15, 0.2) is 12.1 Å². The third-order valence-electron chi connectivity index (χ3n) is 2.12. The summed E-state index contributed by atoms with van der Waals surface area (Å²) in [6, 6.07) is 2.53. The van der Waals surface area contributed by atoms with E-state index in [1.165, 1.54) is 12.1 Å². The highest BCUT2D eigenvalue weighted by atomic mass is 35.5. The Morgan fingerprint density at radius 2 is 1.81 bits per heavy atom. The Hall–Kier alpha value is -0.900. The summed E-state index contributed by atoms with van der Waals surface area (Å²) < 4.78 is 39.8. The minimum atomic E-state index is -4.69. The Balaban J connectivity index is 3.10. The number of aryl methyl sites for hydroxylation is 1. The second-order valence-electron chi connectivity index (χ2n) is 3.84. The maximum absolute atomic E-state index is 12.0. The molecule has 1 rings (SSSR count). The van der Waals surface area contributed by atoms with Crippen molar-refractivity contribution in [3.63, 3.8) is 0 Å². The van der Waals surface area contributed by atoms with Gasteiger partial charge in [-0.25, -0.2) is 0 Å². The monoisotopic (exact) mass is 252 g/mol. The van der Waals surface area contributed by atoms with Gasteiger partial charge in [0.15, 0.2) is 0 Å². The predicted molar refractivity (Wildman–Crippen MR) is 57.0 cm³/mol. The first-order chi connectivity index (χ1) is 7.20. The van der Waals surface area contributed by atoms with Crippen LogP contribution in [0.4, 0.5) is 13.2 Å². The normalized spacial score (nSPS) is 12.0. The molecule has 5 heteroatoms. The first-order valence-electron chi connectivity index (χ1n) is 4.76. The highest BCUT2D eigenvalue weighted by molar-refractivity contribution is 6.31. The van der Waals surface area contributed by atoms with Crippen molar-refractivity contribution in [3.05, 3.63) is 28.3 Å². The van der Waals surface area contributed by atoms with Crippen LogP contribution in [0.2, 0.25) is 5.02 Å². The van der Waals surface area contributed by atoms with E-state index < -0.39 is 6.36 Å². The van der Waals surface area contributed by atoms with Gasteiger partial charge in [-0.15, -0.1) is 13.2 Å². The zero-order chi connectivity index (χ0) is 12.5. The molecule has 0 aromatic heterocycles. The summed E-state index contributed by atoms with van der Waals surface area (Å²) in [6.07, 6.45) is -4.69. The molecule has 1 aromatic rings. The lowest BCUT2D eigenvalue weighted by Gasteiger charge is -2.15. The van der Waals surface area contributed by atoms with Gasteiger partial charge in [0.2, 0.25) is 0 Å². The van der Waals surface area contributed by atoms with Crippen molar-refractivity contribution in [2.24, 2.45) is 0 Å². The highest BCUT2D eigenvalue weighted by Gasteiger charge is 2.31. The van der Waals surface area contributed by atoms with Gasteiger partial charge in [0.1, 0.15) is 5.75 Å². The summed E-state index contributed by atoms with van der Waals surface area (Å²) >= 11 is 5.91. The first-order valence-corrected chi connectivity index (χ1v) is 5.14. The standard InChI is InChI=1S/C11H12ClF3O/c1-6(2)10-7(3)4-8(5-9(10)12)16-11(13,14)15/h4-6H,1-3H3. The van der Waals surface area contributed by atoms with E-state index in [0.717, 1.165) is 5.56 Å². The molecule has 0 heterocycles.